The van der Waals surface area contributed by atoms with Gasteiger partial charge in [0.15, 0.2) is 12.6 Å². The van der Waals surface area contributed by atoms with Crippen LogP contribution < -0.4 is 9.47 Å². The first-order valence-electron chi connectivity index (χ1n) is 9.90. The van der Waals surface area contributed by atoms with Crippen molar-refractivity contribution in [3.63, 3.8) is 0 Å². The molecule has 164 valence electrons. The van der Waals surface area contributed by atoms with Crippen LogP contribution in [0.15, 0.2) is 36.4 Å². The van der Waals surface area contributed by atoms with E-state index in [1.807, 2.05) is 6.92 Å². The topological polar surface area (TPSA) is 114 Å². The number of nitro benzene ring substituents is 1. The Hall–Kier alpha value is -3.46. The second kappa shape index (κ2) is 10.5. The molecule has 31 heavy (non-hydrogen) atoms. The zero-order chi connectivity index (χ0) is 22.2. The Bertz CT molecular complexity index is 955. The molecule has 0 saturated carbocycles. The third kappa shape index (κ3) is 6.02. The van der Waals surface area contributed by atoms with E-state index >= 15 is 0 Å². The molecule has 1 heterocycles. The Kier molecular flexibility index (Phi) is 7.55. The molecule has 0 unspecified atom stereocenters. The van der Waals surface area contributed by atoms with Gasteiger partial charge < -0.3 is 18.9 Å². The van der Waals surface area contributed by atoms with Crippen molar-refractivity contribution in [1.29, 1.82) is 0 Å². The third-order valence-electron chi connectivity index (χ3n) is 4.58. The van der Waals surface area contributed by atoms with Crippen LogP contribution in [-0.4, -0.2) is 30.1 Å². The van der Waals surface area contributed by atoms with Crippen molar-refractivity contribution >= 4 is 17.4 Å². The number of esters is 1. The van der Waals surface area contributed by atoms with Crippen LogP contribution in [0, 0.1) is 10.1 Å². The molecule has 0 aliphatic carbocycles. The van der Waals surface area contributed by atoms with E-state index < -0.39 is 10.9 Å². The maximum absolute atomic E-state index is 12.3. The summed E-state index contributed by atoms with van der Waals surface area (Å²) in [6, 6.07) is 9.44. The van der Waals surface area contributed by atoms with E-state index in [4.69, 9.17) is 18.9 Å². The molecule has 0 atom stereocenters. The summed E-state index contributed by atoms with van der Waals surface area (Å²) in [7, 11) is 0. The fraction of sp³-hybridized carbons (Fsp3) is 0.364. The number of carbonyl (C=O) groups is 2. The smallest absolute Gasteiger partial charge is 0.306 e. The molecule has 0 aromatic heterocycles. The molecule has 9 nitrogen and oxygen atoms in total. The summed E-state index contributed by atoms with van der Waals surface area (Å²) in [4.78, 5) is 35.0. The first kappa shape index (κ1) is 22.2. The number of rotatable bonds is 10. The van der Waals surface area contributed by atoms with E-state index in [0.29, 0.717) is 34.8 Å². The lowest BCUT2D eigenvalue weighted by Gasteiger charge is -2.20. The standard InChI is InChI=1S/C22H23NO8/c1-2-9-29-19-5-3-15(4-6-19)20(24)7-8-21(25)30-13-17-11-18(23(26)27)10-16-12-28-14-31-22(16)17/h3-6,10-11H,2,7-9,12-14H2,1H3. The molecule has 1 aliphatic heterocycles. The van der Waals surface area contributed by atoms with E-state index in [1.165, 1.54) is 12.1 Å². The summed E-state index contributed by atoms with van der Waals surface area (Å²) in [5.41, 5.74) is 1.25. The number of fused-ring (bicyclic) bond motifs is 1. The lowest BCUT2D eigenvalue weighted by molar-refractivity contribution is -0.385. The average Bonchev–Trinajstić information content (AvgIpc) is 2.79. The molecule has 0 saturated heterocycles. The summed E-state index contributed by atoms with van der Waals surface area (Å²) in [6.07, 6.45) is 0.779. The van der Waals surface area contributed by atoms with Gasteiger partial charge in [-0.15, -0.1) is 0 Å². The molecule has 0 radical (unpaired) electrons. The maximum Gasteiger partial charge on any atom is 0.306 e. The lowest BCUT2D eigenvalue weighted by Crippen LogP contribution is -2.15. The molecule has 0 spiro atoms. The zero-order valence-corrected chi connectivity index (χ0v) is 17.1. The quantitative estimate of drug-likeness (QED) is 0.241. The van der Waals surface area contributed by atoms with E-state index in [1.54, 1.807) is 24.3 Å². The number of Topliss-reactive ketones (excluding diaryl/α,β-unsaturated/α-hetero) is 1. The van der Waals surface area contributed by atoms with E-state index in [0.717, 1.165) is 6.42 Å². The number of carbonyl (C=O) groups excluding carboxylic acids is 2. The lowest BCUT2D eigenvalue weighted by atomic mass is 10.1. The summed E-state index contributed by atoms with van der Waals surface area (Å²) in [5.74, 6) is 0.340. The monoisotopic (exact) mass is 429 g/mol. The normalized spacial score (nSPS) is 12.4. The Balaban J connectivity index is 1.54. The minimum Gasteiger partial charge on any atom is -0.494 e. The van der Waals surface area contributed by atoms with Crippen molar-refractivity contribution < 1.29 is 33.5 Å². The van der Waals surface area contributed by atoms with Crippen molar-refractivity contribution in [2.45, 2.75) is 39.4 Å². The van der Waals surface area contributed by atoms with Crippen molar-refractivity contribution in [1.82, 2.24) is 0 Å². The fourth-order valence-corrected chi connectivity index (χ4v) is 3.04. The van der Waals surface area contributed by atoms with Crippen molar-refractivity contribution in [2.24, 2.45) is 0 Å². The van der Waals surface area contributed by atoms with Gasteiger partial charge in [-0.3, -0.25) is 19.7 Å². The van der Waals surface area contributed by atoms with Gasteiger partial charge in [0.2, 0.25) is 0 Å². The fourth-order valence-electron chi connectivity index (χ4n) is 3.04. The van der Waals surface area contributed by atoms with Gasteiger partial charge >= 0.3 is 5.97 Å². The zero-order valence-electron chi connectivity index (χ0n) is 17.1. The average molecular weight is 429 g/mol. The number of hydrogen-bond acceptors (Lipinski definition) is 8. The van der Waals surface area contributed by atoms with Crippen LogP contribution in [0.3, 0.4) is 0 Å². The Labute approximate surface area is 179 Å². The maximum atomic E-state index is 12.3. The van der Waals surface area contributed by atoms with Crippen LogP contribution in [0.1, 0.15) is 47.7 Å². The minimum atomic E-state index is -0.580. The summed E-state index contributed by atoms with van der Waals surface area (Å²) in [6.45, 7) is 2.61. The molecular formula is C22H23NO8. The second-order valence-electron chi connectivity index (χ2n) is 6.92. The highest BCUT2D eigenvalue weighted by atomic mass is 16.7. The van der Waals surface area contributed by atoms with Gasteiger partial charge in [-0.25, -0.2) is 0 Å². The van der Waals surface area contributed by atoms with Crippen LogP contribution in [0.2, 0.25) is 0 Å². The van der Waals surface area contributed by atoms with E-state index in [2.05, 4.69) is 0 Å². The predicted molar refractivity (Wildman–Crippen MR) is 109 cm³/mol. The number of benzene rings is 2. The first-order valence-corrected chi connectivity index (χ1v) is 9.90. The largest absolute Gasteiger partial charge is 0.494 e. The number of nitro groups is 1. The van der Waals surface area contributed by atoms with Crippen molar-refractivity contribution in [2.75, 3.05) is 13.4 Å². The molecule has 0 bridgehead atoms. The Morgan fingerprint density at radius 2 is 1.94 bits per heavy atom. The van der Waals surface area contributed by atoms with Crippen molar-refractivity contribution in [3.8, 4) is 11.5 Å². The van der Waals surface area contributed by atoms with Crippen LogP contribution in [0.25, 0.3) is 0 Å². The number of ether oxygens (including phenoxy) is 4. The summed E-state index contributed by atoms with van der Waals surface area (Å²) < 4.78 is 21.3. The van der Waals surface area contributed by atoms with Crippen LogP contribution in [-0.2, 0) is 27.5 Å². The molecular weight excluding hydrogens is 406 g/mol. The molecule has 1 aliphatic rings. The second-order valence-corrected chi connectivity index (χ2v) is 6.92. The number of hydrogen-bond donors (Lipinski definition) is 0. The summed E-state index contributed by atoms with van der Waals surface area (Å²) in [5, 5.41) is 11.1. The Morgan fingerprint density at radius 3 is 2.65 bits per heavy atom. The SMILES string of the molecule is CCCOc1ccc(C(=O)CCC(=O)OCc2cc([N+](=O)[O-])cc3c2OCOC3)cc1. The molecule has 9 heteroatoms. The number of ketones is 1. The van der Waals surface area contributed by atoms with Gasteiger partial charge in [-0.05, 0) is 30.7 Å². The molecule has 0 fully saturated rings. The van der Waals surface area contributed by atoms with Gasteiger partial charge in [0.25, 0.3) is 5.69 Å². The van der Waals surface area contributed by atoms with E-state index in [9.17, 15) is 19.7 Å². The molecule has 0 N–H and O–H groups in total. The number of non-ortho nitro benzene ring substituents is 1. The minimum absolute atomic E-state index is 0.00855. The van der Waals surface area contributed by atoms with E-state index in [-0.39, 0.29) is 44.3 Å². The highest BCUT2D eigenvalue weighted by Crippen LogP contribution is 2.33. The highest BCUT2D eigenvalue weighted by Gasteiger charge is 2.22. The van der Waals surface area contributed by atoms with Crippen LogP contribution in [0.4, 0.5) is 5.69 Å². The Morgan fingerprint density at radius 1 is 1.16 bits per heavy atom. The van der Waals surface area contributed by atoms with Crippen LogP contribution >= 0.6 is 0 Å². The van der Waals surface area contributed by atoms with Gasteiger partial charge in [-0.2, -0.15) is 0 Å². The van der Waals surface area contributed by atoms with Gasteiger partial charge in [-0.1, -0.05) is 6.92 Å². The van der Waals surface area contributed by atoms with Crippen molar-refractivity contribution in [3.05, 3.63) is 63.2 Å². The predicted octanol–water partition coefficient (Wildman–Crippen LogP) is 3.96. The number of nitrogens with zero attached hydrogens (tertiary/aromatic N) is 1. The molecule has 2 aromatic carbocycles. The van der Waals surface area contributed by atoms with Gasteiger partial charge in [0.1, 0.15) is 18.1 Å². The van der Waals surface area contributed by atoms with Crippen LogP contribution in [0.5, 0.6) is 11.5 Å². The highest BCUT2D eigenvalue weighted by molar-refractivity contribution is 5.97. The molecule has 2 aromatic rings. The summed E-state index contributed by atoms with van der Waals surface area (Å²) >= 11 is 0. The molecule has 0 amide bonds. The van der Waals surface area contributed by atoms with Gasteiger partial charge in [0, 0.05) is 35.2 Å². The molecule has 3 rings (SSSR count). The first-order chi connectivity index (χ1) is 15.0. The third-order valence-corrected chi connectivity index (χ3v) is 4.58. The van der Waals surface area contributed by atoms with Gasteiger partial charge in [0.05, 0.1) is 24.6 Å².